The van der Waals surface area contributed by atoms with Crippen LogP contribution in [0.25, 0.3) is 0 Å². The maximum absolute atomic E-state index is 7.03. The smallest absolute Gasteiger partial charge is 0.0950 e. The molecule has 1 atom stereocenters. The zero-order valence-corrected chi connectivity index (χ0v) is 7.23. The topological polar surface area (TPSA) is 61.9 Å². The molecule has 0 bridgehead atoms. The molecule has 0 spiro atoms. The van der Waals surface area contributed by atoms with Crippen molar-refractivity contribution in [2.45, 2.75) is 6.42 Å². The lowest BCUT2D eigenvalue weighted by Gasteiger charge is -2.01. The summed E-state index contributed by atoms with van der Waals surface area (Å²) in [6, 6.07) is 0. The summed E-state index contributed by atoms with van der Waals surface area (Å²) < 4.78 is 0. The molecule has 0 saturated carbocycles. The number of rotatable bonds is 1. The van der Waals surface area contributed by atoms with Crippen LogP contribution in [-0.2, 0) is 0 Å². The number of amidine groups is 1. The summed E-state index contributed by atoms with van der Waals surface area (Å²) in [5.41, 5.74) is 5.24. The highest BCUT2D eigenvalue weighted by Crippen LogP contribution is 2.04. The Morgan fingerprint density at radius 1 is 1.50 bits per heavy atom. The quantitative estimate of drug-likeness (QED) is 0.409. The summed E-state index contributed by atoms with van der Waals surface area (Å²) in [6.07, 6.45) is 1.04. The van der Waals surface area contributed by atoms with E-state index in [0.29, 0.717) is 11.8 Å². The Hall–Kier alpha value is 0.01000. The minimum absolute atomic E-state index is 0. The van der Waals surface area contributed by atoms with Gasteiger partial charge in [-0.1, -0.05) is 0 Å². The van der Waals surface area contributed by atoms with Crippen molar-refractivity contribution in [3.63, 3.8) is 0 Å². The van der Waals surface area contributed by atoms with Gasteiger partial charge in [0, 0.05) is 12.5 Å². The Balaban J connectivity index is 0. The van der Waals surface area contributed by atoms with Crippen LogP contribution in [0.1, 0.15) is 6.42 Å². The summed E-state index contributed by atoms with van der Waals surface area (Å²) in [4.78, 5) is 0. The van der Waals surface area contributed by atoms with Crippen LogP contribution in [0.2, 0.25) is 0 Å². The summed E-state index contributed by atoms with van der Waals surface area (Å²) in [7, 11) is 0. The minimum Gasteiger partial charge on any atom is -0.387 e. The van der Waals surface area contributed by atoms with Crippen LogP contribution in [0.4, 0.5) is 0 Å². The molecule has 1 aliphatic heterocycles. The second-order valence-electron chi connectivity index (χ2n) is 2.15. The van der Waals surface area contributed by atoms with Gasteiger partial charge in [0.25, 0.3) is 0 Å². The van der Waals surface area contributed by atoms with E-state index >= 15 is 0 Å². The fourth-order valence-corrected chi connectivity index (χ4v) is 0.920. The van der Waals surface area contributed by atoms with Crippen molar-refractivity contribution < 1.29 is 0 Å². The van der Waals surface area contributed by atoms with E-state index in [0.717, 1.165) is 19.5 Å². The van der Waals surface area contributed by atoms with Crippen LogP contribution >= 0.6 is 24.8 Å². The van der Waals surface area contributed by atoms with E-state index in [1.54, 1.807) is 0 Å². The van der Waals surface area contributed by atoms with E-state index < -0.39 is 0 Å². The lowest BCUT2D eigenvalue weighted by Crippen LogP contribution is -2.24. The molecular weight excluding hydrogens is 173 g/mol. The van der Waals surface area contributed by atoms with Crippen LogP contribution in [0.15, 0.2) is 0 Å². The molecular formula is C5H13Cl2N3. The Kier molecular flexibility index (Phi) is 7.31. The third-order valence-corrected chi connectivity index (χ3v) is 1.50. The number of hydrogen-bond acceptors (Lipinski definition) is 2. The second kappa shape index (κ2) is 5.77. The average Bonchev–Trinajstić information content (AvgIpc) is 2.12. The predicted octanol–water partition coefficient (Wildman–Crippen LogP) is 0.375. The van der Waals surface area contributed by atoms with Crippen molar-refractivity contribution in [3.05, 3.63) is 0 Å². The van der Waals surface area contributed by atoms with E-state index in [2.05, 4.69) is 5.32 Å². The van der Waals surface area contributed by atoms with Crippen LogP contribution in [-0.4, -0.2) is 18.9 Å². The van der Waals surface area contributed by atoms with Gasteiger partial charge in [0.1, 0.15) is 0 Å². The van der Waals surface area contributed by atoms with Gasteiger partial charge in [-0.25, -0.2) is 0 Å². The summed E-state index contributed by atoms with van der Waals surface area (Å²) >= 11 is 0. The third kappa shape index (κ3) is 3.25. The lowest BCUT2D eigenvalue weighted by atomic mass is 10.1. The zero-order chi connectivity index (χ0) is 5.98. The standard InChI is InChI=1S/C5H11N3.2ClH/c6-5(7)4-1-2-8-3-4;;/h4,8H,1-3H2,(H3,6,7);2*1H. The van der Waals surface area contributed by atoms with Crippen molar-refractivity contribution in [3.8, 4) is 0 Å². The summed E-state index contributed by atoms with van der Waals surface area (Å²) in [6.45, 7) is 1.92. The van der Waals surface area contributed by atoms with Crippen molar-refractivity contribution in [2.24, 2.45) is 11.7 Å². The number of halogens is 2. The molecule has 10 heavy (non-hydrogen) atoms. The molecule has 0 radical (unpaired) electrons. The van der Waals surface area contributed by atoms with Gasteiger partial charge >= 0.3 is 0 Å². The van der Waals surface area contributed by atoms with E-state index in [1.165, 1.54) is 0 Å². The normalized spacial score (nSPS) is 22.6. The first-order valence-corrected chi connectivity index (χ1v) is 2.85. The Morgan fingerprint density at radius 3 is 2.30 bits per heavy atom. The lowest BCUT2D eigenvalue weighted by molar-refractivity contribution is 0.759. The molecule has 3 nitrogen and oxygen atoms in total. The molecule has 1 saturated heterocycles. The van der Waals surface area contributed by atoms with Gasteiger partial charge in [-0.05, 0) is 13.0 Å². The Bertz CT molecular complexity index is 101. The number of nitrogens with two attached hydrogens (primary N) is 1. The Labute approximate surface area is 73.1 Å². The zero-order valence-electron chi connectivity index (χ0n) is 5.59. The summed E-state index contributed by atoms with van der Waals surface area (Å²) in [5, 5.41) is 10.2. The van der Waals surface area contributed by atoms with Crippen LogP contribution in [0.5, 0.6) is 0 Å². The van der Waals surface area contributed by atoms with Gasteiger partial charge in [-0.3, -0.25) is 5.41 Å². The molecule has 5 heteroatoms. The van der Waals surface area contributed by atoms with Crippen molar-refractivity contribution in [1.29, 1.82) is 5.41 Å². The summed E-state index contributed by atoms with van der Waals surface area (Å²) in [5.74, 6) is 0.644. The van der Waals surface area contributed by atoms with Crippen molar-refractivity contribution >= 4 is 30.6 Å². The highest BCUT2D eigenvalue weighted by atomic mass is 35.5. The molecule has 62 valence electrons. The predicted molar refractivity (Wildman–Crippen MR) is 47.4 cm³/mol. The van der Waals surface area contributed by atoms with Crippen LogP contribution < -0.4 is 11.1 Å². The molecule has 1 aliphatic rings. The molecule has 1 fully saturated rings. The molecule has 0 amide bonds. The monoisotopic (exact) mass is 185 g/mol. The first kappa shape index (κ1) is 12.7. The molecule has 1 unspecified atom stereocenters. The van der Waals surface area contributed by atoms with Crippen LogP contribution in [0, 0.1) is 11.3 Å². The maximum Gasteiger partial charge on any atom is 0.0950 e. The molecule has 0 aromatic heterocycles. The average molecular weight is 186 g/mol. The SMILES string of the molecule is Cl.Cl.N=C(N)C1CCNC1. The first-order valence-electron chi connectivity index (χ1n) is 2.85. The molecule has 0 aliphatic carbocycles. The molecule has 0 aromatic rings. The molecule has 1 rings (SSSR count). The van der Waals surface area contributed by atoms with Gasteiger partial charge in [-0.15, -0.1) is 24.8 Å². The van der Waals surface area contributed by atoms with Gasteiger partial charge in [0.15, 0.2) is 0 Å². The van der Waals surface area contributed by atoms with E-state index in [4.69, 9.17) is 11.1 Å². The molecule has 1 heterocycles. The fraction of sp³-hybridized carbons (Fsp3) is 0.800. The molecule has 4 N–H and O–H groups in total. The molecule has 0 aromatic carbocycles. The van der Waals surface area contributed by atoms with Gasteiger partial charge in [-0.2, -0.15) is 0 Å². The number of nitrogens with one attached hydrogen (secondary N) is 2. The van der Waals surface area contributed by atoms with Gasteiger partial charge in [0.05, 0.1) is 5.84 Å². The minimum atomic E-state index is 0. The van der Waals surface area contributed by atoms with Gasteiger partial charge < -0.3 is 11.1 Å². The van der Waals surface area contributed by atoms with Gasteiger partial charge in [0.2, 0.25) is 0 Å². The highest BCUT2D eigenvalue weighted by Gasteiger charge is 2.15. The number of hydrogen-bond donors (Lipinski definition) is 3. The largest absolute Gasteiger partial charge is 0.387 e. The van der Waals surface area contributed by atoms with Crippen LogP contribution in [0.3, 0.4) is 0 Å². The van der Waals surface area contributed by atoms with E-state index in [9.17, 15) is 0 Å². The van der Waals surface area contributed by atoms with Crippen molar-refractivity contribution in [1.82, 2.24) is 5.32 Å². The highest BCUT2D eigenvalue weighted by molar-refractivity contribution is 5.85. The Morgan fingerprint density at radius 2 is 2.10 bits per heavy atom. The van der Waals surface area contributed by atoms with E-state index in [-0.39, 0.29) is 24.8 Å². The first-order chi connectivity index (χ1) is 3.80. The fourth-order valence-electron chi connectivity index (χ4n) is 0.920. The van der Waals surface area contributed by atoms with Crippen molar-refractivity contribution in [2.75, 3.05) is 13.1 Å². The maximum atomic E-state index is 7.03. The van der Waals surface area contributed by atoms with E-state index in [1.807, 2.05) is 0 Å². The second-order valence-corrected chi connectivity index (χ2v) is 2.15. The third-order valence-electron chi connectivity index (χ3n) is 1.50.